The SMILES string of the molecule is CCOc1ccccc1N=c1oc2ccccc2cc1C(=O)NCc1ccco1. The van der Waals surface area contributed by atoms with Gasteiger partial charge in [-0.15, -0.1) is 0 Å². The van der Waals surface area contributed by atoms with Gasteiger partial charge in [0, 0.05) is 5.39 Å². The predicted molar refractivity (Wildman–Crippen MR) is 109 cm³/mol. The van der Waals surface area contributed by atoms with Gasteiger partial charge in [0.2, 0.25) is 5.55 Å². The quantitative estimate of drug-likeness (QED) is 0.524. The van der Waals surface area contributed by atoms with Gasteiger partial charge in [0.1, 0.15) is 28.3 Å². The highest BCUT2D eigenvalue weighted by Gasteiger charge is 2.14. The highest BCUT2D eigenvalue weighted by Crippen LogP contribution is 2.26. The molecular weight excluding hydrogens is 368 g/mol. The number of ether oxygens (including phenoxy) is 1. The molecule has 4 aromatic rings. The molecular formula is C23H20N2O4. The third kappa shape index (κ3) is 4.21. The molecule has 29 heavy (non-hydrogen) atoms. The van der Waals surface area contributed by atoms with Crippen molar-refractivity contribution in [1.29, 1.82) is 0 Å². The van der Waals surface area contributed by atoms with Gasteiger partial charge < -0.3 is 18.9 Å². The Kier molecular flexibility index (Phi) is 5.42. The number of rotatable bonds is 6. The maximum Gasteiger partial charge on any atom is 0.257 e. The van der Waals surface area contributed by atoms with Crippen molar-refractivity contribution < 1.29 is 18.4 Å². The molecule has 0 spiro atoms. The number of furan rings is 1. The maximum absolute atomic E-state index is 12.9. The minimum atomic E-state index is -0.302. The smallest absolute Gasteiger partial charge is 0.257 e. The van der Waals surface area contributed by atoms with Crippen molar-refractivity contribution >= 4 is 22.6 Å². The number of hydrogen-bond donors (Lipinski definition) is 1. The molecule has 4 rings (SSSR count). The van der Waals surface area contributed by atoms with Crippen LogP contribution in [-0.4, -0.2) is 12.5 Å². The van der Waals surface area contributed by atoms with E-state index in [1.807, 2.05) is 55.5 Å². The van der Waals surface area contributed by atoms with Crippen molar-refractivity contribution in [2.75, 3.05) is 6.61 Å². The van der Waals surface area contributed by atoms with Crippen LogP contribution in [0.3, 0.4) is 0 Å². The van der Waals surface area contributed by atoms with Gasteiger partial charge in [0.25, 0.3) is 5.91 Å². The Morgan fingerprint density at radius 1 is 1.07 bits per heavy atom. The number of hydrogen-bond acceptors (Lipinski definition) is 5. The molecule has 6 nitrogen and oxygen atoms in total. The molecule has 0 bridgehead atoms. The number of nitrogens with one attached hydrogen (secondary N) is 1. The number of para-hydroxylation sites is 3. The third-order valence-electron chi connectivity index (χ3n) is 4.29. The second kappa shape index (κ2) is 8.48. The first-order valence-corrected chi connectivity index (χ1v) is 9.34. The normalized spacial score (nSPS) is 11.6. The Hall–Kier alpha value is -3.80. The fraction of sp³-hybridized carbons (Fsp3) is 0.130. The van der Waals surface area contributed by atoms with Gasteiger partial charge in [-0.2, -0.15) is 0 Å². The fourth-order valence-electron chi connectivity index (χ4n) is 2.93. The molecule has 2 heterocycles. The first kappa shape index (κ1) is 18.6. The molecule has 0 saturated carbocycles. The van der Waals surface area contributed by atoms with E-state index >= 15 is 0 Å². The van der Waals surface area contributed by atoms with E-state index in [4.69, 9.17) is 13.6 Å². The van der Waals surface area contributed by atoms with Gasteiger partial charge in [0.05, 0.1) is 19.4 Å². The van der Waals surface area contributed by atoms with Crippen molar-refractivity contribution in [3.8, 4) is 5.75 Å². The van der Waals surface area contributed by atoms with Crippen molar-refractivity contribution in [3.05, 3.63) is 89.9 Å². The maximum atomic E-state index is 12.9. The standard InChI is InChI=1S/C23H20N2O4/c1-2-27-21-12-6-4-10-19(21)25-23-18(14-16-8-3-5-11-20(16)29-23)22(26)24-15-17-9-7-13-28-17/h3-14H,2,15H2,1H3,(H,24,26). The number of carbonyl (C=O) groups excluding carboxylic acids is 1. The first-order valence-electron chi connectivity index (χ1n) is 9.34. The van der Waals surface area contributed by atoms with E-state index in [1.54, 1.807) is 24.5 Å². The summed E-state index contributed by atoms with van der Waals surface area (Å²) >= 11 is 0. The minimum absolute atomic E-state index is 0.216. The zero-order valence-electron chi connectivity index (χ0n) is 15.9. The van der Waals surface area contributed by atoms with Gasteiger partial charge >= 0.3 is 0 Å². The summed E-state index contributed by atoms with van der Waals surface area (Å²) < 4.78 is 16.9. The minimum Gasteiger partial charge on any atom is -0.492 e. The number of benzene rings is 2. The zero-order chi connectivity index (χ0) is 20.1. The molecule has 1 N–H and O–H groups in total. The van der Waals surface area contributed by atoms with Crippen LogP contribution in [0.25, 0.3) is 11.0 Å². The first-order chi connectivity index (χ1) is 14.2. The van der Waals surface area contributed by atoms with Crippen molar-refractivity contribution in [3.63, 3.8) is 0 Å². The highest BCUT2D eigenvalue weighted by atomic mass is 16.5. The van der Waals surface area contributed by atoms with Crippen LogP contribution >= 0.6 is 0 Å². The predicted octanol–water partition coefficient (Wildman–Crippen LogP) is 4.59. The monoisotopic (exact) mass is 388 g/mol. The Morgan fingerprint density at radius 2 is 1.90 bits per heavy atom. The van der Waals surface area contributed by atoms with Crippen molar-refractivity contribution in [1.82, 2.24) is 5.32 Å². The number of amides is 1. The molecule has 0 atom stereocenters. The Morgan fingerprint density at radius 3 is 2.72 bits per heavy atom. The number of carbonyl (C=O) groups is 1. The Bertz CT molecular complexity index is 1190. The molecule has 2 aromatic carbocycles. The summed E-state index contributed by atoms with van der Waals surface area (Å²) in [5, 5.41) is 3.66. The molecule has 0 saturated heterocycles. The van der Waals surface area contributed by atoms with E-state index in [1.165, 1.54) is 0 Å². The molecule has 0 aliphatic rings. The molecule has 0 aliphatic heterocycles. The lowest BCUT2D eigenvalue weighted by molar-refractivity contribution is 0.0944. The van der Waals surface area contributed by atoms with Crippen LogP contribution in [0, 0.1) is 0 Å². The summed E-state index contributed by atoms with van der Waals surface area (Å²) in [6.07, 6.45) is 1.57. The summed E-state index contributed by atoms with van der Waals surface area (Å²) in [6.45, 7) is 2.69. The van der Waals surface area contributed by atoms with E-state index in [0.29, 0.717) is 35.0 Å². The van der Waals surface area contributed by atoms with Crippen molar-refractivity contribution in [2.24, 2.45) is 4.99 Å². The highest BCUT2D eigenvalue weighted by molar-refractivity contribution is 5.96. The topological polar surface area (TPSA) is 77.0 Å². The van der Waals surface area contributed by atoms with Gasteiger partial charge in [-0.25, -0.2) is 4.99 Å². The van der Waals surface area contributed by atoms with E-state index < -0.39 is 0 Å². The summed E-state index contributed by atoms with van der Waals surface area (Å²) in [7, 11) is 0. The van der Waals surface area contributed by atoms with Crippen LogP contribution in [0.1, 0.15) is 23.0 Å². The van der Waals surface area contributed by atoms with E-state index in [2.05, 4.69) is 10.3 Å². The lowest BCUT2D eigenvalue weighted by Gasteiger charge is -2.08. The summed E-state index contributed by atoms with van der Waals surface area (Å²) in [6, 6.07) is 20.2. The number of fused-ring (bicyclic) bond motifs is 1. The lowest BCUT2D eigenvalue weighted by atomic mass is 10.1. The third-order valence-corrected chi connectivity index (χ3v) is 4.29. The second-order valence-corrected chi connectivity index (χ2v) is 6.28. The average molecular weight is 388 g/mol. The van der Waals surface area contributed by atoms with Gasteiger partial charge in [0.15, 0.2) is 0 Å². The van der Waals surface area contributed by atoms with Gasteiger partial charge in [-0.3, -0.25) is 4.79 Å². The molecule has 146 valence electrons. The molecule has 1 amide bonds. The van der Waals surface area contributed by atoms with Gasteiger partial charge in [-0.05, 0) is 43.3 Å². The molecule has 0 radical (unpaired) electrons. The molecule has 6 heteroatoms. The number of nitrogens with zero attached hydrogens (tertiary/aromatic N) is 1. The average Bonchev–Trinajstić information content (AvgIpc) is 3.27. The Balaban J connectivity index is 1.79. The van der Waals surface area contributed by atoms with Crippen LogP contribution in [0.4, 0.5) is 5.69 Å². The Labute approximate surface area is 167 Å². The van der Waals surface area contributed by atoms with E-state index in [9.17, 15) is 4.79 Å². The van der Waals surface area contributed by atoms with Crippen LogP contribution in [0.5, 0.6) is 5.75 Å². The lowest BCUT2D eigenvalue weighted by Crippen LogP contribution is -2.28. The summed E-state index contributed by atoms with van der Waals surface area (Å²) in [4.78, 5) is 17.5. The second-order valence-electron chi connectivity index (χ2n) is 6.28. The van der Waals surface area contributed by atoms with Crippen molar-refractivity contribution in [2.45, 2.75) is 13.5 Å². The van der Waals surface area contributed by atoms with E-state index in [-0.39, 0.29) is 18.0 Å². The van der Waals surface area contributed by atoms with Crippen LogP contribution < -0.4 is 15.6 Å². The summed E-state index contributed by atoms with van der Waals surface area (Å²) in [5.41, 5.74) is 1.78. The van der Waals surface area contributed by atoms with Crippen LogP contribution in [0.2, 0.25) is 0 Å². The van der Waals surface area contributed by atoms with Gasteiger partial charge in [-0.1, -0.05) is 30.3 Å². The van der Waals surface area contributed by atoms with Crippen LogP contribution in [0.15, 0.2) is 86.8 Å². The summed E-state index contributed by atoms with van der Waals surface area (Å²) in [5.74, 6) is 0.986. The zero-order valence-corrected chi connectivity index (χ0v) is 15.9. The van der Waals surface area contributed by atoms with Crippen LogP contribution in [-0.2, 0) is 6.54 Å². The largest absolute Gasteiger partial charge is 0.492 e. The molecule has 2 aromatic heterocycles. The molecule has 0 fully saturated rings. The molecule has 0 aliphatic carbocycles. The fourth-order valence-corrected chi connectivity index (χ4v) is 2.93. The van der Waals surface area contributed by atoms with E-state index in [0.717, 1.165) is 5.39 Å². The molecule has 0 unspecified atom stereocenters.